The Labute approximate surface area is 159 Å². The molecule has 1 saturated heterocycles. The average Bonchev–Trinajstić information content (AvgIpc) is 3.25. The molecule has 0 radical (unpaired) electrons. The smallest absolute Gasteiger partial charge is 0.148 e. The van der Waals surface area contributed by atoms with Gasteiger partial charge in [-0.3, -0.25) is 0 Å². The highest BCUT2D eigenvalue weighted by Crippen LogP contribution is 2.26. The standard InChI is InChI=1S/C22H24N4O/c1-15-5-6-17(14-23)22(24-15)25-19-7-8-21-18(12-19)13-20(27-21)9-11-26-10-3-4-16(26)2/h5-8,12-13,16H,3-4,9-11H2,1-2H3,(H,24,25)/t16-/m1/s1. The van der Waals surface area contributed by atoms with E-state index in [-0.39, 0.29) is 0 Å². The second-order valence-electron chi connectivity index (χ2n) is 7.33. The Hall–Kier alpha value is -2.84. The van der Waals surface area contributed by atoms with E-state index in [0.717, 1.165) is 41.1 Å². The number of aryl methyl sites for hydroxylation is 1. The van der Waals surface area contributed by atoms with Crippen molar-refractivity contribution >= 4 is 22.5 Å². The highest BCUT2D eigenvalue weighted by molar-refractivity contribution is 5.83. The molecule has 1 fully saturated rings. The van der Waals surface area contributed by atoms with Gasteiger partial charge in [0.05, 0.1) is 5.56 Å². The van der Waals surface area contributed by atoms with Gasteiger partial charge in [0.15, 0.2) is 0 Å². The van der Waals surface area contributed by atoms with E-state index in [4.69, 9.17) is 4.42 Å². The van der Waals surface area contributed by atoms with Crippen molar-refractivity contribution in [3.63, 3.8) is 0 Å². The van der Waals surface area contributed by atoms with Crippen molar-refractivity contribution in [3.05, 3.63) is 53.4 Å². The highest BCUT2D eigenvalue weighted by atomic mass is 16.3. The molecule has 0 saturated carbocycles. The molecule has 1 aliphatic heterocycles. The molecule has 2 aromatic heterocycles. The van der Waals surface area contributed by atoms with Crippen LogP contribution < -0.4 is 5.32 Å². The number of benzene rings is 1. The van der Waals surface area contributed by atoms with Gasteiger partial charge in [-0.2, -0.15) is 5.26 Å². The summed E-state index contributed by atoms with van der Waals surface area (Å²) in [4.78, 5) is 6.98. The van der Waals surface area contributed by atoms with Gasteiger partial charge in [0, 0.05) is 35.8 Å². The molecule has 0 bridgehead atoms. The first-order valence-corrected chi connectivity index (χ1v) is 9.53. The van der Waals surface area contributed by atoms with Crippen LogP contribution in [0.3, 0.4) is 0 Å². The summed E-state index contributed by atoms with van der Waals surface area (Å²) in [5, 5.41) is 13.6. The van der Waals surface area contributed by atoms with E-state index < -0.39 is 0 Å². The van der Waals surface area contributed by atoms with Gasteiger partial charge in [0.25, 0.3) is 0 Å². The van der Waals surface area contributed by atoms with Crippen LogP contribution in [0, 0.1) is 18.3 Å². The molecular weight excluding hydrogens is 336 g/mol. The Balaban J connectivity index is 1.51. The molecule has 5 heteroatoms. The number of nitrogens with zero attached hydrogens (tertiary/aromatic N) is 3. The van der Waals surface area contributed by atoms with Crippen LogP contribution in [0.4, 0.5) is 11.5 Å². The minimum absolute atomic E-state index is 0.535. The van der Waals surface area contributed by atoms with Crippen LogP contribution in [0.1, 0.15) is 36.8 Å². The molecule has 5 nitrogen and oxygen atoms in total. The third-order valence-electron chi connectivity index (χ3n) is 5.32. The zero-order valence-corrected chi connectivity index (χ0v) is 15.8. The summed E-state index contributed by atoms with van der Waals surface area (Å²) in [5.41, 5.74) is 3.20. The van der Waals surface area contributed by atoms with Gasteiger partial charge in [-0.15, -0.1) is 0 Å². The number of hydrogen-bond donors (Lipinski definition) is 1. The molecule has 0 spiro atoms. The van der Waals surface area contributed by atoms with Crippen LogP contribution >= 0.6 is 0 Å². The summed E-state index contributed by atoms with van der Waals surface area (Å²) in [6.45, 7) is 6.46. The van der Waals surface area contributed by atoms with Crippen LogP contribution in [0.15, 0.2) is 40.8 Å². The maximum Gasteiger partial charge on any atom is 0.148 e. The number of fused-ring (bicyclic) bond motifs is 1. The molecule has 1 aromatic carbocycles. The molecule has 1 atom stereocenters. The van der Waals surface area contributed by atoms with Crippen molar-refractivity contribution in [2.24, 2.45) is 0 Å². The Morgan fingerprint density at radius 3 is 2.96 bits per heavy atom. The zero-order valence-electron chi connectivity index (χ0n) is 15.8. The molecule has 4 rings (SSSR count). The number of anilines is 2. The molecule has 3 aromatic rings. The van der Waals surface area contributed by atoms with Gasteiger partial charge in [-0.05, 0) is 69.6 Å². The largest absolute Gasteiger partial charge is 0.461 e. The summed E-state index contributed by atoms with van der Waals surface area (Å²) in [7, 11) is 0. The Morgan fingerprint density at radius 1 is 1.30 bits per heavy atom. The number of aromatic nitrogens is 1. The fourth-order valence-corrected chi connectivity index (χ4v) is 3.76. The van der Waals surface area contributed by atoms with Gasteiger partial charge in [0.2, 0.25) is 0 Å². The van der Waals surface area contributed by atoms with E-state index in [0.29, 0.717) is 17.4 Å². The lowest BCUT2D eigenvalue weighted by atomic mass is 10.2. The SMILES string of the molecule is Cc1ccc(C#N)c(Nc2ccc3oc(CCN4CCC[C@H]4C)cc3c2)n1. The quantitative estimate of drug-likeness (QED) is 0.709. The van der Waals surface area contributed by atoms with E-state index in [1.807, 2.05) is 31.2 Å². The molecule has 138 valence electrons. The highest BCUT2D eigenvalue weighted by Gasteiger charge is 2.20. The molecule has 1 N–H and O–H groups in total. The lowest BCUT2D eigenvalue weighted by Gasteiger charge is -2.19. The Kier molecular flexibility index (Phi) is 4.83. The molecule has 0 unspecified atom stereocenters. The summed E-state index contributed by atoms with van der Waals surface area (Å²) in [6, 6.07) is 14.6. The molecule has 0 amide bonds. The van der Waals surface area contributed by atoms with E-state index in [1.54, 1.807) is 6.07 Å². The number of hydrogen-bond acceptors (Lipinski definition) is 5. The second-order valence-corrected chi connectivity index (χ2v) is 7.33. The van der Waals surface area contributed by atoms with Gasteiger partial charge in [-0.1, -0.05) is 0 Å². The maximum atomic E-state index is 9.28. The first-order valence-electron chi connectivity index (χ1n) is 9.53. The van der Waals surface area contributed by atoms with Crippen molar-refractivity contribution in [1.82, 2.24) is 9.88 Å². The second kappa shape index (κ2) is 7.42. The van der Waals surface area contributed by atoms with Crippen molar-refractivity contribution in [2.75, 3.05) is 18.4 Å². The van der Waals surface area contributed by atoms with Crippen molar-refractivity contribution in [1.29, 1.82) is 5.26 Å². The maximum absolute atomic E-state index is 9.28. The van der Waals surface area contributed by atoms with E-state index in [9.17, 15) is 5.26 Å². The molecule has 3 heterocycles. The van der Waals surface area contributed by atoms with Crippen molar-refractivity contribution < 1.29 is 4.42 Å². The minimum Gasteiger partial charge on any atom is -0.461 e. The average molecular weight is 360 g/mol. The molecule has 1 aliphatic rings. The fraction of sp³-hybridized carbons (Fsp3) is 0.364. The Morgan fingerprint density at radius 2 is 2.19 bits per heavy atom. The van der Waals surface area contributed by atoms with Crippen LogP contribution in [0.5, 0.6) is 0 Å². The lowest BCUT2D eigenvalue weighted by molar-refractivity contribution is 0.266. The number of rotatable bonds is 5. The third kappa shape index (κ3) is 3.81. The van der Waals surface area contributed by atoms with Crippen LogP contribution in [0.2, 0.25) is 0 Å². The van der Waals surface area contributed by atoms with Crippen molar-refractivity contribution in [2.45, 2.75) is 39.2 Å². The predicted octanol–water partition coefficient (Wildman–Crippen LogP) is 4.78. The fourth-order valence-electron chi connectivity index (χ4n) is 3.76. The van der Waals surface area contributed by atoms with Gasteiger partial charge >= 0.3 is 0 Å². The number of furan rings is 1. The van der Waals surface area contributed by atoms with Crippen LogP contribution in [-0.4, -0.2) is 29.0 Å². The number of nitriles is 1. The summed E-state index contributed by atoms with van der Waals surface area (Å²) in [5.74, 6) is 1.61. The van der Waals surface area contributed by atoms with E-state index in [2.05, 4.69) is 34.3 Å². The van der Waals surface area contributed by atoms with E-state index in [1.165, 1.54) is 19.4 Å². The summed E-state index contributed by atoms with van der Waals surface area (Å²) >= 11 is 0. The van der Waals surface area contributed by atoms with Gasteiger partial charge in [-0.25, -0.2) is 4.98 Å². The first kappa shape index (κ1) is 17.6. The topological polar surface area (TPSA) is 65.1 Å². The van der Waals surface area contributed by atoms with Crippen LogP contribution in [0.25, 0.3) is 11.0 Å². The third-order valence-corrected chi connectivity index (χ3v) is 5.32. The molecule has 0 aliphatic carbocycles. The predicted molar refractivity (Wildman–Crippen MR) is 107 cm³/mol. The molecular formula is C22H24N4O. The zero-order chi connectivity index (χ0) is 18.8. The summed E-state index contributed by atoms with van der Waals surface area (Å²) < 4.78 is 6.01. The summed E-state index contributed by atoms with van der Waals surface area (Å²) in [6.07, 6.45) is 3.53. The van der Waals surface area contributed by atoms with Gasteiger partial charge < -0.3 is 14.6 Å². The monoisotopic (exact) mass is 360 g/mol. The number of nitrogens with one attached hydrogen (secondary N) is 1. The normalized spacial score (nSPS) is 17.3. The molecule has 27 heavy (non-hydrogen) atoms. The van der Waals surface area contributed by atoms with E-state index >= 15 is 0 Å². The number of pyridine rings is 1. The Bertz CT molecular complexity index is 1000. The van der Waals surface area contributed by atoms with Crippen molar-refractivity contribution in [3.8, 4) is 6.07 Å². The first-order chi connectivity index (χ1) is 13.1. The van der Waals surface area contributed by atoms with Gasteiger partial charge in [0.1, 0.15) is 23.2 Å². The minimum atomic E-state index is 0.535. The van der Waals surface area contributed by atoms with Crippen LogP contribution in [-0.2, 0) is 6.42 Å². The number of likely N-dealkylation sites (tertiary alicyclic amines) is 1. The lowest BCUT2D eigenvalue weighted by Crippen LogP contribution is -2.28.